The summed E-state index contributed by atoms with van der Waals surface area (Å²) in [5.41, 5.74) is 2.26. The lowest BCUT2D eigenvalue weighted by atomic mass is 10.1. The first-order chi connectivity index (χ1) is 12.2. The van der Waals surface area contributed by atoms with Crippen molar-refractivity contribution in [2.24, 2.45) is 0 Å². The van der Waals surface area contributed by atoms with Crippen LogP contribution in [0.15, 0.2) is 52.9 Å². The zero-order valence-corrected chi connectivity index (χ0v) is 13.8. The summed E-state index contributed by atoms with van der Waals surface area (Å²) in [5.74, 6) is 1.77. The fourth-order valence-corrected chi connectivity index (χ4v) is 2.95. The molecule has 2 aromatic heterocycles. The number of hydrogen-bond acceptors (Lipinski definition) is 5. The molecular weight excluding hydrogens is 318 g/mol. The van der Waals surface area contributed by atoms with Gasteiger partial charge in [-0.15, -0.1) is 0 Å². The Hall–Kier alpha value is -3.34. The second kappa shape index (κ2) is 5.94. The molecule has 124 valence electrons. The summed E-state index contributed by atoms with van der Waals surface area (Å²) in [6.45, 7) is 0. The average molecular weight is 333 g/mol. The maximum absolute atomic E-state index is 11.7. The molecule has 0 aliphatic rings. The SMILES string of the molecule is COc1ccc(OC)c2nc(-c3cc4ccccc4o3)c(C=O)cc12. The molecule has 5 nitrogen and oxygen atoms in total. The van der Waals surface area contributed by atoms with Crippen molar-refractivity contribution in [2.45, 2.75) is 0 Å². The fourth-order valence-electron chi connectivity index (χ4n) is 2.95. The zero-order valence-electron chi connectivity index (χ0n) is 13.8. The van der Waals surface area contributed by atoms with Crippen LogP contribution >= 0.6 is 0 Å². The smallest absolute Gasteiger partial charge is 0.154 e. The van der Waals surface area contributed by atoms with Crippen LogP contribution in [0.5, 0.6) is 11.5 Å². The normalized spacial score (nSPS) is 11.0. The predicted octanol–water partition coefficient (Wildman–Crippen LogP) is 4.48. The minimum absolute atomic E-state index is 0.429. The van der Waals surface area contributed by atoms with E-state index in [0.29, 0.717) is 39.4 Å². The van der Waals surface area contributed by atoms with Crippen LogP contribution in [-0.4, -0.2) is 25.5 Å². The van der Waals surface area contributed by atoms with Crippen molar-refractivity contribution < 1.29 is 18.7 Å². The van der Waals surface area contributed by atoms with Gasteiger partial charge < -0.3 is 13.9 Å². The van der Waals surface area contributed by atoms with Gasteiger partial charge in [0, 0.05) is 16.3 Å². The molecule has 0 fully saturated rings. The number of fused-ring (bicyclic) bond motifs is 2. The molecule has 0 saturated heterocycles. The Morgan fingerprint density at radius 2 is 1.76 bits per heavy atom. The van der Waals surface area contributed by atoms with Crippen LogP contribution in [0.4, 0.5) is 0 Å². The first-order valence-electron chi connectivity index (χ1n) is 7.75. The number of nitrogens with zero attached hydrogens (tertiary/aromatic N) is 1. The third-order valence-corrected chi connectivity index (χ3v) is 4.16. The van der Waals surface area contributed by atoms with E-state index < -0.39 is 0 Å². The van der Waals surface area contributed by atoms with Gasteiger partial charge in [0.2, 0.25) is 0 Å². The number of aldehydes is 1. The van der Waals surface area contributed by atoms with Crippen molar-refractivity contribution in [3.63, 3.8) is 0 Å². The standard InChI is InChI=1S/C20H15NO4/c1-23-16-7-8-17(24-2)20-14(16)9-13(11-22)19(21-20)18-10-12-5-3-4-6-15(12)25-18/h3-11H,1-2H3. The number of methoxy groups -OCH3 is 2. The number of ether oxygens (including phenoxy) is 2. The lowest BCUT2D eigenvalue weighted by Crippen LogP contribution is -1.97. The third-order valence-electron chi connectivity index (χ3n) is 4.16. The number of para-hydroxylation sites is 1. The topological polar surface area (TPSA) is 61.6 Å². The summed E-state index contributed by atoms with van der Waals surface area (Å²) in [4.78, 5) is 16.3. The molecule has 0 aliphatic carbocycles. The van der Waals surface area contributed by atoms with Crippen LogP contribution in [0.25, 0.3) is 33.3 Å². The molecule has 2 aromatic carbocycles. The molecule has 0 amide bonds. The maximum Gasteiger partial charge on any atom is 0.154 e. The van der Waals surface area contributed by atoms with Crippen LogP contribution in [0.1, 0.15) is 10.4 Å². The van der Waals surface area contributed by atoms with E-state index in [9.17, 15) is 4.79 Å². The molecule has 0 aliphatic heterocycles. The quantitative estimate of drug-likeness (QED) is 0.515. The highest BCUT2D eigenvalue weighted by Gasteiger charge is 2.17. The van der Waals surface area contributed by atoms with Gasteiger partial charge in [-0.05, 0) is 30.3 Å². The lowest BCUT2D eigenvalue weighted by molar-refractivity contribution is 0.112. The number of furan rings is 1. The van der Waals surface area contributed by atoms with Crippen LogP contribution in [0.3, 0.4) is 0 Å². The molecule has 0 bridgehead atoms. The van der Waals surface area contributed by atoms with E-state index in [1.54, 1.807) is 32.4 Å². The molecule has 0 saturated carbocycles. The summed E-state index contributed by atoms with van der Waals surface area (Å²) < 4.78 is 16.7. The summed E-state index contributed by atoms with van der Waals surface area (Å²) in [5, 5.41) is 1.66. The summed E-state index contributed by atoms with van der Waals surface area (Å²) in [6.07, 6.45) is 0.772. The van der Waals surface area contributed by atoms with Gasteiger partial charge in [-0.25, -0.2) is 4.98 Å². The Labute approximate surface area is 143 Å². The summed E-state index contributed by atoms with van der Waals surface area (Å²) in [7, 11) is 3.16. The number of carbonyl (C=O) groups excluding carboxylic acids is 1. The van der Waals surface area contributed by atoms with E-state index in [2.05, 4.69) is 4.98 Å². The van der Waals surface area contributed by atoms with Crippen molar-refractivity contribution in [1.82, 2.24) is 4.98 Å². The van der Waals surface area contributed by atoms with Crippen molar-refractivity contribution >= 4 is 28.2 Å². The van der Waals surface area contributed by atoms with E-state index in [-0.39, 0.29) is 0 Å². The van der Waals surface area contributed by atoms with Gasteiger partial charge in [0.1, 0.15) is 28.3 Å². The van der Waals surface area contributed by atoms with Gasteiger partial charge in [-0.1, -0.05) is 18.2 Å². The van der Waals surface area contributed by atoms with E-state index >= 15 is 0 Å². The molecule has 2 heterocycles. The Balaban J connectivity index is 2.04. The molecule has 25 heavy (non-hydrogen) atoms. The van der Waals surface area contributed by atoms with E-state index in [4.69, 9.17) is 13.9 Å². The number of carbonyl (C=O) groups is 1. The Kier molecular flexibility index (Phi) is 3.61. The summed E-state index contributed by atoms with van der Waals surface area (Å²) >= 11 is 0. The third kappa shape index (κ3) is 2.41. The Bertz CT molecular complexity index is 1060. The van der Waals surface area contributed by atoms with Crippen LogP contribution < -0.4 is 9.47 Å². The predicted molar refractivity (Wildman–Crippen MR) is 95.4 cm³/mol. The highest BCUT2D eigenvalue weighted by atomic mass is 16.5. The monoisotopic (exact) mass is 333 g/mol. The number of hydrogen-bond donors (Lipinski definition) is 0. The van der Waals surface area contributed by atoms with Crippen molar-refractivity contribution in [1.29, 1.82) is 0 Å². The van der Waals surface area contributed by atoms with Crippen molar-refractivity contribution in [3.05, 3.63) is 54.1 Å². The minimum atomic E-state index is 0.429. The first-order valence-corrected chi connectivity index (χ1v) is 7.75. The molecule has 0 N–H and O–H groups in total. The minimum Gasteiger partial charge on any atom is -0.496 e. The molecular formula is C20H15NO4. The number of aromatic nitrogens is 1. The lowest BCUT2D eigenvalue weighted by Gasteiger charge is -2.11. The molecule has 0 unspecified atom stereocenters. The first kappa shape index (κ1) is 15.2. The fraction of sp³-hybridized carbons (Fsp3) is 0.100. The van der Waals surface area contributed by atoms with Gasteiger partial charge in [0.15, 0.2) is 12.0 Å². The van der Waals surface area contributed by atoms with E-state index in [0.717, 1.165) is 17.3 Å². The molecule has 0 atom stereocenters. The van der Waals surface area contributed by atoms with Crippen LogP contribution in [0.2, 0.25) is 0 Å². The van der Waals surface area contributed by atoms with Crippen LogP contribution in [0, 0.1) is 0 Å². The number of pyridine rings is 1. The largest absolute Gasteiger partial charge is 0.496 e. The Morgan fingerprint density at radius 3 is 2.48 bits per heavy atom. The van der Waals surface area contributed by atoms with Gasteiger partial charge in [0.25, 0.3) is 0 Å². The molecule has 4 aromatic rings. The van der Waals surface area contributed by atoms with Crippen LogP contribution in [-0.2, 0) is 0 Å². The highest BCUT2D eigenvalue weighted by molar-refractivity contribution is 5.98. The van der Waals surface area contributed by atoms with Crippen molar-refractivity contribution in [2.75, 3.05) is 14.2 Å². The van der Waals surface area contributed by atoms with Gasteiger partial charge in [-0.2, -0.15) is 0 Å². The van der Waals surface area contributed by atoms with Gasteiger partial charge in [-0.3, -0.25) is 4.79 Å². The molecule has 0 spiro atoms. The van der Waals surface area contributed by atoms with E-state index in [1.807, 2.05) is 30.3 Å². The second-order valence-corrected chi connectivity index (χ2v) is 5.56. The number of benzene rings is 2. The maximum atomic E-state index is 11.7. The molecule has 4 rings (SSSR count). The highest BCUT2D eigenvalue weighted by Crippen LogP contribution is 2.36. The molecule has 0 radical (unpaired) electrons. The number of rotatable bonds is 4. The average Bonchev–Trinajstić information content (AvgIpc) is 3.09. The van der Waals surface area contributed by atoms with Crippen molar-refractivity contribution in [3.8, 4) is 23.0 Å². The van der Waals surface area contributed by atoms with E-state index in [1.165, 1.54) is 0 Å². The summed E-state index contributed by atoms with van der Waals surface area (Å²) in [6, 6.07) is 14.9. The Morgan fingerprint density at radius 1 is 1.00 bits per heavy atom. The van der Waals surface area contributed by atoms with Gasteiger partial charge in [0.05, 0.1) is 14.2 Å². The zero-order chi connectivity index (χ0) is 17.4. The van der Waals surface area contributed by atoms with Gasteiger partial charge >= 0.3 is 0 Å². The molecule has 5 heteroatoms. The second-order valence-electron chi connectivity index (χ2n) is 5.56.